The van der Waals surface area contributed by atoms with Gasteiger partial charge in [-0.1, -0.05) is 47.5 Å². The van der Waals surface area contributed by atoms with Crippen molar-refractivity contribution in [2.75, 3.05) is 5.32 Å². The molecule has 0 saturated carbocycles. The smallest absolute Gasteiger partial charge is 0.270 e. The van der Waals surface area contributed by atoms with Gasteiger partial charge in [-0.05, 0) is 42.3 Å². The number of hydrogen-bond donors (Lipinski definition) is 2. The number of carbonyl (C=O) groups excluding carboxylic acids is 1. The highest BCUT2D eigenvalue weighted by molar-refractivity contribution is 6.31. The van der Waals surface area contributed by atoms with Gasteiger partial charge >= 0.3 is 0 Å². The Morgan fingerprint density at radius 1 is 1.08 bits per heavy atom. The molecule has 0 saturated heterocycles. The van der Waals surface area contributed by atoms with E-state index >= 15 is 0 Å². The Hall–Kier alpha value is -2.63. The van der Waals surface area contributed by atoms with Gasteiger partial charge in [0.05, 0.1) is 0 Å². The fourth-order valence-electron chi connectivity index (χ4n) is 2.25. The fraction of sp³-hybridized carbons (Fsp3) is 0.105. The van der Waals surface area contributed by atoms with Gasteiger partial charge in [0.15, 0.2) is 0 Å². The highest BCUT2D eigenvalue weighted by Crippen LogP contribution is 2.22. The van der Waals surface area contributed by atoms with Crippen LogP contribution in [0.1, 0.15) is 21.6 Å². The van der Waals surface area contributed by atoms with E-state index in [4.69, 9.17) is 23.2 Å². The van der Waals surface area contributed by atoms with Crippen molar-refractivity contribution in [3.8, 4) is 0 Å². The quantitative estimate of drug-likeness (QED) is 0.662. The van der Waals surface area contributed by atoms with Gasteiger partial charge in [-0.2, -0.15) is 0 Å². The van der Waals surface area contributed by atoms with E-state index in [-0.39, 0.29) is 11.6 Å². The molecule has 2 aromatic carbocycles. The van der Waals surface area contributed by atoms with Gasteiger partial charge in [0.2, 0.25) is 5.95 Å². The summed E-state index contributed by atoms with van der Waals surface area (Å²) in [6.07, 6.45) is 1.52. The molecule has 132 valence electrons. The van der Waals surface area contributed by atoms with E-state index < -0.39 is 0 Å². The molecule has 0 aliphatic rings. The lowest BCUT2D eigenvalue weighted by Gasteiger charge is -2.09. The van der Waals surface area contributed by atoms with Crippen LogP contribution in [0, 0.1) is 6.92 Å². The van der Waals surface area contributed by atoms with E-state index in [1.807, 2.05) is 37.3 Å². The molecule has 0 radical (unpaired) electrons. The van der Waals surface area contributed by atoms with Crippen molar-refractivity contribution in [2.45, 2.75) is 13.5 Å². The number of carbonyl (C=O) groups is 1. The third-order valence-corrected chi connectivity index (χ3v) is 4.49. The number of anilines is 2. The number of nitrogens with zero attached hydrogens (tertiary/aromatic N) is 2. The molecule has 0 spiro atoms. The molecule has 0 aliphatic heterocycles. The van der Waals surface area contributed by atoms with E-state index in [1.54, 1.807) is 18.2 Å². The summed E-state index contributed by atoms with van der Waals surface area (Å²) in [6, 6.07) is 14.4. The number of hydrogen-bond acceptors (Lipinski definition) is 4. The zero-order chi connectivity index (χ0) is 18.5. The Bertz CT molecular complexity index is 946. The molecular formula is C19H16Cl2N4O. The van der Waals surface area contributed by atoms with Crippen LogP contribution >= 0.6 is 23.2 Å². The van der Waals surface area contributed by atoms with Crippen LogP contribution in [0.25, 0.3) is 0 Å². The molecule has 1 amide bonds. The summed E-state index contributed by atoms with van der Waals surface area (Å²) in [5, 5.41) is 7.09. The van der Waals surface area contributed by atoms with Crippen molar-refractivity contribution >= 4 is 40.7 Å². The molecule has 0 aliphatic carbocycles. The molecule has 0 atom stereocenters. The fourth-order valence-corrected chi connectivity index (χ4v) is 2.64. The molecule has 1 heterocycles. The predicted octanol–water partition coefficient (Wildman–Crippen LogP) is 4.77. The lowest BCUT2D eigenvalue weighted by Crippen LogP contribution is -2.24. The van der Waals surface area contributed by atoms with E-state index in [9.17, 15) is 4.79 Å². The highest BCUT2D eigenvalue weighted by atomic mass is 35.5. The van der Waals surface area contributed by atoms with Crippen molar-refractivity contribution in [1.82, 2.24) is 15.3 Å². The van der Waals surface area contributed by atoms with E-state index in [2.05, 4.69) is 20.6 Å². The third kappa shape index (κ3) is 4.50. The summed E-state index contributed by atoms with van der Waals surface area (Å²) in [4.78, 5) is 20.7. The summed E-state index contributed by atoms with van der Waals surface area (Å²) in [5.74, 6) is 0.00706. The summed E-state index contributed by atoms with van der Waals surface area (Å²) in [6.45, 7) is 2.24. The van der Waals surface area contributed by atoms with Crippen molar-refractivity contribution in [3.05, 3.63) is 81.6 Å². The second kappa shape index (κ2) is 8.17. The minimum absolute atomic E-state index is 0.257. The SMILES string of the molecule is Cc1ccc(Nc2nccc(C(=O)NCc3ccccc3Cl)n2)cc1Cl. The monoisotopic (exact) mass is 386 g/mol. The molecule has 26 heavy (non-hydrogen) atoms. The van der Waals surface area contributed by atoms with Gasteiger partial charge in [0.1, 0.15) is 5.69 Å². The maximum absolute atomic E-state index is 12.3. The first-order chi connectivity index (χ1) is 12.5. The van der Waals surface area contributed by atoms with Crippen LogP contribution in [0.3, 0.4) is 0 Å². The second-order valence-electron chi connectivity index (χ2n) is 5.63. The maximum Gasteiger partial charge on any atom is 0.270 e. The highest BCUT2D eigenvalue weighted by Gasteiger charge is 2.10. The standard InChI is InChI=1S/C19H16Cl2N4O/c1-12-6-7-14(10-16(12)21)24-19-22-9-8-17(25-19)18(26)23-11-13-4-2-3-5-15(13)20/h2-10H,11H2,1H3,(H,23,26)(H,22,24,25). The number of nitrogens with one attached hydrogen (secondary N) is 2. The minimum Gasteiger partial charge on any atom is -0.347 e. The average molecular weight is 387 g/mol. The Morgan fingerprint density at radius 2 is 1.88 bits per heavy atom. The molecule has 3 rings (SSSR count). The molecule has 7 heteroatoms. The molecule has 0 unspecified atom stereocenters. The van der Waals surface area contributed by atoms with Gasteiger partial charge in [0.25, 0.3) is 5.91 Å². The van der Waals surface area contributed by atoms with Crippen molar-refractivity contribution < 1.29 is 4.79 Å². The molecule has 5 nitrogen and oxygen atoms in total. The lowest BCUT2D eigenvalue weighted by atomic mass is 10.2. The van der Waals surface area contributed by atoms with Crippen molar-refractivity contribution in [3.63, 3.8) is 0 Å². The molecule has 1 aromatic heterocycles. The summed E-state index contributed by atoms with van der Waals surface area (Å²) in [7, 11) is 0. The van der Waals surface area contributed by atoms with Crippen LogP contribution in [-0.2, 0) is 6.54 Å². The molecule has 0 fully saturated rings. The zero-order valence-corrected chi connectivity index (χ0v) is 15.5. The van der Waals surface area contributed by atoms with E-state index in [0.29, 0.717) is 22.5 Å². The van der Waals surface area contributed by atoms with Crippen LogP contribution in [-0.4, -0.2) is 15.9 Å². The number of halogens is 2. The molecule has 2 N–H and O–H groups in total. The first-order valence-corrected chi connectivity index (χ1v) is 8.66. The predicted molar refractivity (Wildman–Crippen MR) is 104 cm³/mol. The number of aryl methyl sites for hydroxylation is 1. The Kier molecular flexibility index (Phi) is 5.71. The van der Waals surface area contributed by atoms with Crippen LogP contribution in [0.15, 0.2) is 54.7 Å². The van der Waals surface area contributed by atoms with Crippen molar-refractivity contribution in [2.24, 2.45) is 0 Å². The van der Waals surface area contributed by atoms with Gasteiger partial charge in [-0.25, -0.2) is 9.97 Å². The van der Waals surface area contributed by atoms with Crippen molar-refractivity contribution in [1.29, 1.82) is 0 Å². The van der Waals surface area contributed by atoms with Gasteiger partial charge in [-0.3, -0.25) is 4.79 Å². The van der Waals surface area contributed by atoms with Gasteiger partial charge < -0.3 is 10.6 Å². The Balaban J connectivity index is 1.69. The summed E-state index contributed by atoms with van der Waals surface area (Å²) < 4.78 is 0. The normalized spacial score (nSPS) is 10.4. The number of benzene rings is 2. The topological polar surface area (TPSA) is 66.9 Å². The Morgan fingerprint density at radius 3 is 2.65 bits per heavy atom. The minimum atomic E-state index is -0.308. The third-order valence-electron chi connectivity index (χ3n) is 3.71. The largest absolute Gasteiger partial charge is 0.347 e. The number of aromatic nitrogens is 2. The number of amides is 1. The average Bonchev–Trinajstić information content (AvgIpc) is 2.64. The first kappa shape index (κ1) is 18.2. The van der Waals surface area contributed by atoms with Crippen LogP contribution in [0.2, 0.25) is 10.0 Å². The van der Waals surface area contributed by atoms with E-state index in [0.717, 1.165) is 16.8 Å². The summed E-state index contributed by atoms with van der Waals surface area (Å²) in [5.41, 5.74) is 2.82. The Labute approximate surface area is 161 Å². The zero-order valence-electron chi connectivity index (χ0n) is 14.0. The van der Waals surface area contributed by atoms with Gasteiger partial charge in [0, 0.05) is 28.5 Å². The second-order valence-corrected chi connectivity index (χ2v) is 6.44. The summed E-state index contributed by atoms with van der Waals surface area (Å²) >= 11 is 12.2. The first-order valence-electron chi connectivity index (χ1n) is 7.91. The number of rotatable bonds is 5. The van der Waals surface area contributed by atoms with Gasteiger partial charge in [-0.15, -0.1) is 0 Å². The lowest BCUT2D eigenvalue weighted by molar-refractivity contribution is 0.0946. The van der Waals surface area contributed by atoms with Crippen LogP contribution in [0.4, 0.5) is 11.6 Å². The van der Waals surface area contributed by atoms with Crippen LogP contribution < -0.4 is 10.6 Å². The molecule has 0 bridgehead atoms. The molecular weight excluding hydrogens is 371 g/mol. The maximum atomic E-state index is 12.3. The van der Waals surface area contributed by atoms with Crippen LogP contribution in [0.5, 0.6) is 0 Å². The van der Waals surface area contributed by atoms with E-state index in [1.165, 1.54) is 6.20 Å². The molecule has 3 aromatic rings.